The zero-order chi connectivity index (χ0) is 32.4. The Kier molecular flexibility index (Phi) is 12.7. The van der Waals surface area contributed by atoms with Gasteiger partial charge in [0.2, 0.25) is 11.8 Å². The fourth-order valence-corrected chi connectivity index (χ4v) is 6.13. The zero-order valence-corrected chi connectivity index (χ0v) is 26.5. The average Bonchev–Trinajstić information content (AvgIpc) is 2.94. The number of hydrogen-bond donors (Lipinski definition) is 3. The van der Waals surface area contributed by atoms with Crippen LogP contribution in [0.15, 0.2) is 65.8 Å². The first-order chi connectivity index (χ1) is 20.9. The van der Waals surface area contributed by atoms with E-state index in [1.165, 1.54) is 12.1 Å². The molecule has 240 valence electrons. The van der Waals surface area contributed by atoms with Gasteiger partial charge in [0.05, 0.1) is 17.6 Å². The predicted octanol–water partition coefficient (Wildman–Crippen LogP) is 5.46. The highest BCUT2D eigenvalue weighted by molar-refractivity contribution is 5.96. The maximum Gasteiger partial charge on any atom is 0.244 e. The lowest BCUT2D eigenvalue weighted by Crippen LogP contribution is -2.54. The molecule has 0 aromatic heterocycles. The Morgan fingerprint density at radius 3 is 2.32 bits per heavy atom. The molecule has 2 aromatic carbocycles. The maximum atomic E-state index is 14.6. The number of nitrogens with zero attached hydrogens (tertiary/aromatic N) is 1. The first-order valence-electron chi connectivity index (χ1n) is 15.5. The van der Waals surface area contributed by atoms with E-state index in [9.17, 15) is 23.5 Å². The first-order valence-corrected chi connectivity index (χ1v) is 15.5. The number of ether oxygens (including phenoxy) is 1. The summed E-state index contributed by atoms with van der Waals surface area (Å²) >= 11 is 0. The molecule has 2 amide bonds. The summed E-state index contributed by atoms with van der Waals surface area (Å²) in [5.41, 5.74) is 6.53. The molecule has 1 unspecified atom stereocenters. The van der Waals surface area contributed by atoms with E-state index in [1.54, 1.807) is 24.0 Å². The topological polar surface area (TPSA) is 105 Å². The molecule has 7 nitrogen and oxygen atoms in total. The minimum Gasteiger partial charge on any atom is -0.491 e. The van der Waals surface area contributed by atoms with Crippen molar-refractivity contribution in [1.29, 1.82) is 0 Å². The third kappa shape index (κ3) is 9.22. The van der Waals surface area contributed by atoms with E-state index >= 15 is 0 Å². The number of carbonyl (C=O) groups excluding carboxylic acids is 2. The van der Waals surface area contributed by atoms with Crippen LogP contribution in [-0.4, -0.2) is 53.7 Å². The molecule has 3 atom stereocenters. The van der Waals surface area contributed by atoms with E-state index in [2.05, 4.69) is 5.32 Å². The van der Waals surface area contributed by atoms with Gasteiger partial charge >= 0.3 is 0 Å². The lowest BCUT2D eigenvalue weighted by atomic mass is 9.63. The monoisotopic (exact) mass is 611 g/mol. The van der Waals surface area contributed by atoms with Gasteiger partial charge in [-0.05, 0) is 81.8 Å². The Bertz CT molecular complexity index is 1330. The van der Waals surface area contributed by atoms with Crippen molar-refractivity contribution < 1.29 is 28.2 Å². The molecule has 2 aromatic rings. The largest absolute Gasteiger partial charge is 0.491 e. The van der Waals surface area contributed by atoms with Crippen LogP contribution in [0.5, 0.6) is 5.75 Å². The van der Waals surface area contributed by atoms with Crippen LogP contribution in [0.1, 0.15) is 65.0 Å². The summed E-state index contributed by atoms with van der Waals surface area (Å²) in [6.07, 6.45) is 3.73. The SMILES string of the molecule is CCCN(CCC)C(=O)C1([C@H](Cc2cc(F)cc(F)c2)[C@@H](O)CNCc2cccc(OC(C)C)c2)C=C(C)C=C(C(N)=O)C1. The second kappa shape index (κ2) is 16.0. The van der Waals surface area contributed by atoms with Gasteiger partial charge in [0.1, 0.15) is 17.4 Å². The van der Waals surface area contributed by atoms with Gasteiger partial charge in [0.25, 0.3) is 0 Å². The highest BCUT2D eigenvalue weighted by Gasteiger charge is 2.50. The van der Waals surface area contributed by atoms with Crippen molar-refractivity contribution in [2.24, 2.45) is 17.1 Å². The average molecular weight is 612 g/mol. The number of aliphatic hydroxyl groups is 1. The van der Waals surface area contributed by atoms with Crippen LogP contribution in [0.2, 0.25) is 0 Å². The second-order valence-corrected chi connectivity index (χ2v) is 12.0. The number of primary amides is 1. The van der Waals surface area contributed by atoms with Crippen LogP contribution in [0.3, 0.4) is 0 Å². The maximum absolute atomic E-state index is 14.6. The van der Waals surface area contributed by atoms with Crippen LogP contribution in [-0.2, 0) is 22.6 Å². The standard InChI is InChI=1S/C35H47F2N3O4/c1-6-11-40(12-7-2)34(43)35(19-24(5)13-27(20-35)33(38)42)31(17-26-14-28(36)18-29(37)15-26)32(41)22-39-21-25-9-8-10-30(16-25)44-23(3)4/h8-10,13-16,18-19,23,31-32,39,41H,6-7,11-12,17,20-22H2,1-5H3,(H2,38,42)/t31-,32+,35?/m1/s1. The van der Waals surface area contributed by atoms with Crippen molar-refractivity contribution in [1.82, 2.24) is 10.2 Å². The van der Waals surface area contributed by atoms with Crippen LogP contribution >= 0.6 is 0 Å². The molecule has 0 radical (unpaired) electrons. The molecule has 44 heavy (non-hydrogen) atoms. The molecule has 0 bridgehead atoms. The number of carbonyl (C=O) groups is 2. The summed E-state index contributed by atoms with van der Waals surface area (Å²) < 4.78 is 34.5. The minimum atomic E-state index is -1.39. The summed E-state index contributed by atoms with van der Waals surface area (Å²) in [6.45, 7) is 11.1. The third-order valence-corrected chi connectivity index (χ3v) is 7.82. The number of rotatable bonds is 16. The smallest absolute Gasteiger partial charge is 0.244 e. The highest BCUT2D eigenvalue weighted by atomic mass is 19.1. The van der Waals surface area contributed by atoms with Crippen molar-refractivity contribution >= 4 is 11.8 Å². The van der Waals surface area contributed by atoms with E-state index < -0.39 is 35.0 Å². The Hall–Kier alpha value is -3.56. The van der Waals surface area contributed by atoms with Crippen LogP contribution in [0, 0.1) is 23.0 Å². The molecule has 0 saturated heterocycles. The Morgan fingerprint density at radius 2 is 1.73 bits per heavy atom. The lowest BCUT2D eigenvalue weighted by Gasteiger charge is -2.45. The molecule has 9 heteroatoms. The van der Waals surface area contributed by atoms with Gasteiger partial charge in [-0.3, -0.25) is 9.59 Å². The van der Waals surface area contributed by atoms with Gasteiger partial charge in [0, 0.05) is 43.7 Å². The van der Waals surface area contributed by atoms with Crippen LogP contribution in [0.25, 0.3) is 0 Å². The van der Waals surface area contributed by atoms with Crippen molar-refractivity contribution in [2.75, 3.05) is 19.6 Å². The molecule has 0 aliphatic heterocycles. The van der Waals surface area contributed by atoms with Crippen molar-refractivity contribution in [3.8, 4) is 5.75 Å². The van der Waals surface area contributed by atoms with Crippen molar-refractivity contribution in [2.45, 2.75) is 79.1 Å². The Balaban J connectivity index is 2.04. The molecular formula is C35H47F2N3O4. The Morgan fingerprint density at radius 1 is 1.07 bits per heavy atom. The van der Waals surface area contributed by atoms with Gasteiger partial charge in [-0.1, -0.05) is 43.7 Å². The number of allylic oxidation sites excluding steroid dienone is 2. The van der Waals surface area contributed by atoms with Gasteiger partial charge in [-0.15, -0.1) is 0 Å². The lowest BCUT2D eigenvalue weighted by molar-refractivity contribution is -0.145. The number of amides is 2. The molecule has 0 saturated carbocycles. The molecule has 4 N–H and O–H groups in total. The number of nitrogens with two attached hydrogens (primary N) is 1. The molecule has 0 fully saturated rings. The molecule has 3 rings (SSSR count). The summed E-state index contributed by atoms with van der Waals surface area (Å²) in [7, 11) is 0. The van der Waals surface area contributed by atoms with Crippen LogP contribution in [0.4, 0.5) is 8.78 Å². The van der Waals surface area contributed by atoms with E-state index in [-0.39, 0.29) is 37.0 Å². The van der Waals surface area contributed by atoms with Crippen LogP contribution < -0.4 is 15.8 Å². The number of benzene rings is 2. The minimum absolute atomic E-state index is 0.0110. The van der Waals surface area contributed by atoms with Gasteiger partial charge in [-0.25, -0.2) is 8.78 Å². The fourth-order valence-electron chi connectivity index (χ4n) is 6.13. The van der Waals surface area contributed by atoms with Crippen molar-refractivity contribution in [3.63, 3.8) is 0 Å². The third-order valence-electron chi connectivity index (χ3n) is 7.82. The predicted molar refractivity (Wildman–Crippen MR) is 169 cm³/mol. The van der Waals surface area contributed by atoms with Gasteiger partial charge in [-0.2, -0.15) is 0 Å². The summed E-state index contributed by atoms with van der Waals surface area (Å²) in [5.74, 6) is -2.51. The number of hydrogen-bond acceptors (Lipinski definition) is 5. The summed E-state index contributed by atoms with van der Waals surface area (Å²) in [6, 6.07) is 10.9. The van der Waals surface area contributed by atoms with E-state index in [0.29, 0.717) is 43.6 Å². The normalized spacial score (nSPS) is 17.9. The number of halogens is 2. The molecular weight excluding hydrogens is 564 g/mol. The molecule has 0 spiro atoms. The van der Waals surface area contributed by atoms with E-state index in [1.807, 2.05) is 52.0 Å². The quantitative estimate of drug-likeness (QED) is 0.234. The second-order valence-electron chi connectivity index (χ2n) is 12.0. The fraction of sp³-hybridized carbons (Fsp3) is 0.486. The molecule has 1 aliphatic rings. The van der Waals surface area contributed by atoms with E-state index in [0.717, 1.165) is 17.4 Å². The van der Waals surface area contributed by atoms with Crippen molar-refractivity contribution in [3.05, 3.63) is 88.5 Å². The summed E-state index contributed by atoms with van der Waals surface area (Å²) in [5, 5.41) is 15.2. The molecule has 1 aliphatic carbocycles. The zero-order valence-electron chi connectivity index (χ0n) is 26.5. The number of nitrogens with one attached hydrogen (secondary N) is 1. The van der Waals surface area contributed by atoms with E-state index in [4.69, 9.17) is 10.5 Å². The Labute approximate surface area is 260 Å². The van der Waals surface area contributed by atoms with Gasteiger partial charge < -0.3 is 25.8 Å². The number of aliphatic hydroxyl groups excluding tert-OH is 1. The summed E-state index contributed by atoms with van der Waals surface area (Å²) in [4.78, 5) is 28.9. The van der Waals surface area contributed by atoms with Gasteiger partial charge in [0.15, 0.2) is 0 Å². The molecule has 0 heterocycles. The highest BCUT2D eigenvalue weighted by Crippen LogP contribution is 2.45. The first kappa shape index (κ1) is 34.9.